The lowest BCUT2D eigenvalue weighted by Gasteiger charge is -2.08. The number of amides is 1. The van der Waals surface area contributed by atoms with Gasteiger partial charge >= 0.3 is 18.1 Å². The zero-order valence-corrected chi connectivity index (χ0v) is 9.57. The maximum atomic E-state index is 12.1. The molecular weight excluding hydrogens is 267 g/mol. The fourth-order valence-corrected chi connectivity index (χ4v) is 1.58. The molecule has 9 heteroatoms. The Kier molecular flexibility index (Phi) is 3.21. The summed E-state index contributed by atoms with van der Waals surface area (Å²) in [6, 6.07) is 0. The molecule has 0 unspecified atom stereocenters. The van der Waals surface area contributed by atoms with E-state index in [-0.39, 0.29) is 0 Å². The first-order valence-electron chi connectivity index (χ1n) is 5.46. The number of alkyl halides is 3. The lowest BCUT2D eigenvalue weighted by atomic mass is 10.3. The summed E-state index contributed by atoms with van der Waals surface area (Å²) in [5, 5.41) is 14.2. The number of nitrogens with one attached hydrogen (secondary N) is 1. The van der Waals surface area contributed by atoms with Crippen LogP contribution in [0.15, 0.2) is 6.20 Å². The van der Waals surface area contributed by atoms with Gasteiger partial charge in [0.1, 0.15) is 0 Å². The van der Waals surface area contributed by atoms with Gasteiger partial charge in [0.15, 0.2) is 5.69 Å². The molecule has 1 saturated carbocycles. The van der Waals surface area contributed by atoms with Crippen molar-refractivity contribution in [1.82, 2.24) is 9.78 Å². The third kappa shape index (κ3) is 3.04. The summed E-state index contributed by atoms with van der Waals surface area (Å²) in [5.41, 5.74) is -0.889. The SMILES string of the molecule is O=C(O)c1c(NC(=O)C(F)(F)F)cnn1CC1CC1. The van der Waals surface area contributed by atoms with Crippen LogP contribution in [-0.2, 0) is 11.3 Å². The molecule has 1 amide bonds. The van der Waals surface area contributed by atoms with Crippen LogP contribution in [0.25, 0.3) is 0 Å². The molecule has 1 aromatic heterocycles. The largest absolute Gasteiger partial charge is 0.476 e. The van der Waals surface area contributed by atoms with E-state index in [2.05, 4.69) is 5.10 Å². The fraction of sp³-hybridized carbons (Fsp3) is 0.500. The van der Waals surface area contributed by atoms with E-state index >= 15 is 0 Å². The van der Waals surface area contributed by atoms with Gasteiger partial charge in [-0.25, -0.2) is 4.79 Å². The number of carbonyl (C=O) groups excluding carboxylic acids is 1. The van der Waals surface area contributed by atoms with Gasteiger partial charge < -0.3 is 10.4 Å². The highest BCUT2D eigenvalue weighted by atomic mass is 19.4. The number of nitrogens with zero attached hydrogens (tertiary/aromatic N) is 2. The number of carboxylic acid groups (broad SMARTS) is 1. The van der Waals surface area contributed by atoms with Crippen LogP contribution in [-0.4, -0.2) is 32.9 Å². The Morgan fingerprint density at radius 2 is 2.11 bits per heavy atom. The van der Waals surface area contributed by atoms with Gasteiger partial charge in [0.25, 0.3) is 0 Å². The number of halogens is 3. The number of rotatable bonds is 4. The van der Waals surface area contributed by atoms with Crippen LogP contribution in [0.4, 0.5) is 18.9 Å². The normalized spacial score (nSPS) is 15.3. The highest BCUT2D eigenvalue weighted by molar-refractivity contribution is 6.01. The van der Waals surface area contributed by atoms with Gasteiger partial charge in [0.2, 0.25) is 0 Å². The Labute approximate surface area is 105 Å². The number of anilines is 1. The van der Waals surface area contributed by atoms with Gasteiger partial charge in [0.05, 0.1) is 11.9 Å². The van der Waals surface area contributed by atoms with Crippen LogP contribution < -0.4 is 5.32 Å². The van der Waals surface area contributed by atoms with Gasteiger partial charge in [-0.05, 0) is 18.8 Å². The molecule has 0 aromatic carbocycles. The molecule has 0 radical (unpaired) electrons. The number of carboxylic acids is 1. The van der Waals surface area contributed by atoms with E-state index in [4.69, 9.17) is 5.11 Å². The molecule has 0 atom stereocenters. The molecule has 1 aliphatic rings. The number of carbonyl (C=O) groups is 2. The van der Waals surface area contributed by atoms with Gasteiger partial charge in [-0.1, -0.05) is 0 Å². The van der Waals surface area contributed by atoms with Crippen molar-refractivity contribution in [3.63, 3.8) is 0 Å². The summed E-state index contributed by atoms with van der Waals surface area (Å²) in [4.78, 5) is 21.8. The number of aromatic nitrogens is 2. The Hall–Kier alpha value is -2.06. The third-order valence-electron chi connectivity index (χ3n) is 2.68. The molecule has 1 aliphatic carbocycles. The molecule has 19 heavy (non-hydrogen) atoms. The maximum absolute atomic E-state index is 12.1. The first-order chi connectivity index (χ1) is 8.79. The summed E-state index contributed by atoms with van der Waals surface area (Å²) in [7, 11) is 0. The standard InChI is InChI=1S/C10H10F3N3O3/c11-10(12,13)9(19)15-6-3-14-16(4-5-1-2-5)7(6)8(17)18/h3,5H,1-2,4H2,(H,15,19)(H,17,18). The van der Waals surface area contributed by atoms with E-state index in [0.717, 1.165) is 23.7 Å². The second-order valence-electron chi connectivity index (χ2n) is 4.29. The zero-order chi connectivity index (χ0) is 14.2. The van der Waals surface area contributed by atoms with Crippen molar-refractivity contribution in [1.29, 1.82) is 0 Å². The third-order valence-corrected chi connectivity index (χ3v) is 2.68. The second kappa shape index (κ2) is 4.56. The van der Waals surface area contributed by atoms with E-state index < -0.39 is 29.4 Å². The van der Waals surface area contributed by atoms with E-state index in [1.54, 1.807) is 0 Å². The lowest BCUT2D eigenvalue weighted by Crippen LogP contribution is -2.30. The molecule has 1 heterocycles. The van der Waals surface area contributed by atoms with Crippen molar-refractivity contribution >= 4 is 17.6 Å². The molecular formula is C10H10F3N3O3. The topological polar surface area (TPSA) is 84.2 Å². The van der Waals surface area contributed by atoms with Crippen molar-refractivity contribution in [3.8, 4) is 0 Å². The van der Waals surface area contributed by atoms with E-state index in [9.17, 15) is 22.8 Å². The summed E-state index contributed by atoms with van der Waals surface area (Å²) >= 11 is 0. The number of aromatic carboxylic acids is 1. The molecule has 0 aliphatic heterocycles. The molecule has 0 spiro atoms. The minimum atomic E-state index is -5.08. The number of hydrogen-bond donors (Lipinski definition) is 2. The molecule has 0 saturated heterocycles. The van der Waals surface area contributed by atoms with Crippen LogP contribution in [0.5, 0.6) is 0 Å². The Morgan fingerprint density at radius 3 is 2.58 bits per heavy atom. The summed E-state index contributed by atoms with van der Waals surface area (Å²) in [6.07, 6.45) is -2.30. The van der Waals surface area contributed by atoms with Crippen LogP contribution in [0.2, 0.25) is 0 Å². The van der Waals surface area contributed by atoms with Crippen LogP contribution in [0, 0.1) is 5.92 Å². The van der Waals surface area contributed by atoms with Gasteiger partial charge in [-0.15, -0.1) is 0 Å². The predicted octanol–water partition coefficient (Wildman–Crippen LogP) is 1.49. The second-order valence-corrected chi connectivity index (χ2v) is 4.29. The average molecular weight is 277 g/mol. The Bertz CT molecular complexity index is 520. The van der Waals surface area contributed by atoms with Crippen LogP contribution >= 0.6 is 0 Å². The van der Waals surface area contributed by atoms with Gasteiger partial charge in [0, 0.05) is 6.54 Å². The van der Waals surface area contributed by atoms with E-state index in [1.165, 1.54) is 5.32 Å². The predicted molar refractivity (Wildman–Crippen MR) is 56.6 cm³/mol. The van der Waals surface area contributed by atoms with Crippen molar-refractivity contribution in [2.45, 2.75) is 25.6 Å². The molecule has 2 rings (SSSR count). The Morgan fingerprint density at radius 1 is 1.47 bits per heavy atom. The molecule has 1 aromatic rings. The van der Waals surface area contributed by atoms with Crippen molar-refractivity contribution in [2.24, 2.45) is 5.92 Å². The van der Waals surface area contributed by atoms with Gasteiger partial charge in [-0.2, -0.15) is 18.3 Å². The highest BCUT2D eigenvalue weighted by Crippen LogP contribution is 2.31. The minimum Gasteiger partial charge on any atom is -0.476 e. The highest BCUT2D eigenvalue weighted by Gasteiger charge is 2.39. The first kappa shape index (κ1) is 13.4. The maximum Gasteiger partial charge on any atom is 0.471 e. The van der Waals surface area contributed by atoms with E-state index in [0.29, 0.717) is 12.5 Å². The van der Waals surface area contributed by atoms with Gasteiger partial charge in [-0.3, -0.25) is 9.48 Å². The fourth-order valence-electron chi connectivity index (χ4n) is 1.58. The average Bonchev–Trinajstić information content (AvgIpc) is 2.98. The minimum absolute atomic E-state index is 0.296. The quantitative estimate of drug-likeness (QED) is 0.873. The van der Waals surface area contributed by atoms with Crippen molar-refractivity contribution in [3.05, 3.63) is 11.9 Å². The van der Waals surface area contributed by atoms with Crippen molar-refractivity contribution in [2.75, 3.05) is 5.32 Å². The first-order valence-corrected chi connectivity index (χ1v) is 5.46. The molecule has 104 valence electrons. The molecule has 0 bridgehead atoms. The summed E-state index contributed by atoms with van der Waals surface area (Å²) in [5.74, 6) is -3.36. The van der Waals surface area contributed by atoms with Crippen LogP contribution in [0.1, 0.15) is 23.3 Å². The van der Waals surface area contributed by atoms with Crippen LogP contribution in [0.3, 0.4) is 0 Å². The Balaban J connectivity index is 2.22. The number of hydrogen-bond acceptors (Lipinski definition) is 3. The molecule has 2 N–H and O–H groups in total. The smallest absolute Gasteiger partial charge is 0.471 e. The molecule has 6 nitrogen and oxygen atoms in total. The van der Waals surface area contributed by atoms with E-state index in [1.807, 2.05) is 0 Å². The van der Waals surface area contributed by atoms with Crippen molar-refractivity contribution < 1.29 is 27.9 Å². The molecule has 1 fully saturated rings. The zero-order valence-electron chi connectivity index (χ0n) is 9.57. The summed E-state index contributed by atoms with van der Waals surface area (Å²) in [6.45, 7) is 0.323. The lowest BCUT2D eigenvalue weighted by molar-refractivity contribution is -0.167. The summed E-state index contributed by atoms with van der Waals surface area (Å²) < 4.78 is 37.4. The monoisotopic (exact) mass is 277 g/mol.